The van der Waals surface area contributed by atoms with E-state index in [1.165, 1.54) is 5.56 Å². The minimum Gasteiger partial charge on any atom is -0.374 e. The predicted octanol–water partition coefficient (Wildman–Crippen LogP) is 1.97. The first-order chi connectivity index (χ1) is 8.35. The molecule has 1 aliphatic rings. The summed E-state index contributed by atoms with van der Waals surface area (Å²) in [5.74, 6) is 0. The first-order valence-electron chi connectivity index (χ1n) is 6.25. The van der Waals surface area contributed by atoms with Crippen molar-refractivity contribution in [1.29, 1.82) is 0 Å². The molecule has 2 rings (SSSR count). The molecule has 0 aliphatic carbocycles. The van der Waals surface area contributed by atoms with E-state index in [2.05, 4.69) is 17.4 Å². The van der Waals surface area contributed by atoms with E-state index in [1.807, 2.05) is 25.2 Å². The van der Waals surface area contributed by atoms with Crippen LogP contribution >= 0.6 is 0 Å². The Labute approximate surface area is 103 Å². The van der Waals surface area contributed by atoms with Gasteiger partial charge in [0.1, 0.15) is 5.60 Å². The van der Waals surface area contributed by atoms with Gasteiger partial charge in [0.25, 0.3) is 0 Å². The van der Waals surface area contributed by atoms with Crippen LogP contribution in [0.5, 0.6) is 0 Å². The molecule has 1 saturated heterocycles. The maximum Gasteiger partial charge on any atom is 0.104 e. The molecule has 0 spiro atoms. The van der Waals surface area contributed by atoms with Crippen molar-refractivity contribution in [2.45, 2.75) is 25.0 Å². The first kappa shape index (κ1) is 12.6. The largest absolute Gasteiger partial charge is 0.374 e. The number of likely N-dealkylation sites (N-methyl/N-ethyl adjacent to an activating group) is 1. The van der Waals surface area contributed by atoms with Gasteiger partial charge in [0.2, 0.25) is 0 Å². The quantitative estimate of drug-likeness (QED) is 0.817. The second-order valence-corrected chi connectivity index (χ2v) is 4.64. The Morgan fingerprint density at radius 2 is 2.18 bits per heavy atom. The van der Waals surface area contributed by atoms with Gasteiger partial charge in [-0.25, -0.2) is 0 Å². The molecule has 1 aromatic carbocycles. The van der Waals surface area contributed by atoms with Crippen molar-refractivity contribution < 1.29 is 9.47 Å². The van der Waals surface area contributed by atoms with E-state index in [0.717, 1.165) is 26.0 Å². The molecule has 0 aromatic heterocycles. The van der Waals surface area contributed by atoms with Crippen LogP contribution < -0.4 is 5.32 Å². The second-order valence-electron chi connectivity index (χ2n) is 4.64. The fourth-order valence-electron chi connectivity index (χ4n) is 2.31. The van der Waals surface area contributed by atoms with E-state index >= 15 is 0 Å². The highest BCUT2D eigenvalue weighted by atomic mass is 16.5. The summed E-state index contributed by atoms with van der Waals surface area (Å²) in [6.07, 6.45) is 2.22. The molecule has 1 unspecified atom stereocenters. The van der Waals surface area contributed by atoms with Gasteiger partial charge in [-0.3, -0.25) is 0 Å². The van der Waals surface area contributed by atoms with E-state index in [-0.39, 0.29) is 5.60 Å². The summed E-state index contributed by atoms with van der Waals surface area (Å²) >= 11 is 0. The zero-order valence-electron chi connectivity index (χ0n) is 10.4. The summed E-state index contributed by atoms with van der Waals surface area (Å²) in [7, 11) is 1.96. The van der Waals surface area contributed by atoms with E-state index in [1.54, 1.807) is 0 Å². The molecule has 1 heterocycles. The summed E-state index contributed by atoms with van der Waals surface area (Å²) in [5, 5.41) is 3.19. The Morgan fingerprint density at radius 1 is 1.35 bits per heavy atom. The third-order valence-electron chi connectivity index (χ3n) is 3.16. The van der Waals surface area contributed by atoms with E-state index in [4.69, 9.17) is 9.47 Å². The molecular weight excluding hydrogens is 214 g/mol. The fourth-order valence-corrected chi connectivity index (χ4v) is 2.31. The van der Waals surface area contributed by atoms with E-state index < -0.39 is 0 Å². The van der Waals surface area contributed by atoms with Crippen LogP contribution in [0.3, 0.4) is 0 Å². The van der Waals surface area contributed by atoms with Gasteiger partial charge in [0.15, 0.2) is 0 Å². The molecule has 94 valence electrons. The maximum absolute atomic E-state index is 5.83. The molecule has 1 N–H and O–H groups in total. The standard InChI is InChI=1S/C14H21NO2/c1-15-11-14(8-5-9-17-14)12-16-10-13-6-3-2-4-7-13/h2-4,6-7,15H,5,8-12H2,1H3. The van der Waals surface area contributed by atoms with Crippen LogP contribution in [0.1, 0.15) is 18.4 Å². The van der Waals surface area contributed by atoms with Crippen LogP contribution in [-0.4, -0.2) is 32.4 Å². The molecule has 3 nitrogen and oxygen atoms in total. The molecule has 1 atom stereocenters. The number of nitrogens with one attached hydrogen (secondary N) is 1. The highest BCUT2D eigenvalue weighted by Crippen LogP contribution is 2.25. The third kappa shape index (κ3) is 3.53. The van der Waals surface area contributed by atoms with Crippen molar-refractivity contribution in [2.75, 3.05) is 26.8 Å². The van der Waals surface area contributed by atoms with Gasteiger partial charge in [-0.1, -0.05) is 30.3 Å². The summed E-state index contributed by atoms with van der Waals surface area (Å²) in [4.78, 5) is 0. The van der Waals surface area contributed by atoms with Crippen molar-refractivity contribution in [1.82, 2.24) is 5.32 Å². The van der Waals surface area contributed by atoms with E-state index in [9.17, 15) is 0 Å². The van der Waals surface area contributed by atoms with Crippen LogP contribution in [-0.2, 0) is 16.1 Å². The molecule has 1 aliphatic heterocycles. The zero-order valence-corrected chi connectivity index (χ0v) is 10.4. The van der Waals surface area contributed by atoms with Crippen molar-refractivity contribution in [3.8, 4) is 0 Å². The number of hydrogen-bond donors (Lipinski definition) is 1. The average molecular weight is 235 g/mol. The molecule has 1 fully saturated rings. The van der Waals surface area contributed by atoms with Crippen LogP contribution in [0.4, 0.5) is 0 Å². The highest BCUT2D eigenvalue weighted by Gasteiger charge is 2.34. The third-order valence-corrected chi connectivity index (χ3v) is 3.16. The Balaban J connectivity index is 1.80. The number of benzene rings is 1. The molecule has 0 bridgehead atoms. The van der Waals surface area contributed by atoms with Crippen LogP contribution in [0.15, 0.2) is 30.3 Å². The number of ether oxygens (including phenoxy) is 2. The van der Waals surface area contributed by atoms with Gasteiger partial charge in [-0.05, 0) is 25.5 Å². The SMILES string of the molecule is CNCC1(COCc2ccccc2)CCCO1. The van der Waals surface area contributed by atoms with Crippen molar-refractivity contribution in [2.24, 2.45) is 0 Å². The molecule has 0 saturated carbocycles. The first-order valence-corrected chi connectivity index (χ1v) is 6.25. The second kappa shape index (κ2) is 6.15. The molecule has 1 aromatic rings. The number of rotatable bonds is 6. The molecule has 3 heteroatoms. The van der Waals surface area contributed by atoms with Gasteiger partial charge >= 0.3 is 0 Å². The Bertz CT molecular complexity index is 320. The lowest BCUT2D eigenvalue weighted by Crippen LogP contribution is -2.43. The smallest absolute Gasteiger partial charge is 0.104 e. The zero-order chi connectivity index (χ0) is 12.0. The monoisotopic (exact) mass is 235 g/mol. The van der Waals surface area contributed by atoms with Crippen LogP contribution in [0.25, 0.3) is 0 Å². The van der Waals surface area contributed by atoms with Gasteiger partial charge in [-0.2, -0.15) is 0 Å². The topological polar surface area (TPSA) is 30.5 Å². The van der Waals surface area contributed by atoms with Crippen molar-refractivity contribution >= 4 is 0 Å². The molecule has 0 amide bonds. The maximum atomic E-state index is 5.83. The Kier molecular flexibility index (Phi) is 4.54. The normalized spacial score (nSPS) is 24.1. The lowest BCUT2D eigenvalue weighted by Gasteiger charge is -2.27. The summed E-state index contributed by atoms with van der Waals surface area (Å²) in [6, 6.07) is 10.3. The molecular formula is C14H21NO2. The van der Waals surface area contributed by atoms with E-state index in [0.29, 0.717) is 13.2 Å². The Hall–Kier alpha value is -0.900. The lowest BCUT2D eigenvalue weighted by molar-refractivity contribution is -0.0654. The van der Waals surface area contributed by atoms with Gasteiger partial charge in [0, 0.05) is 13.2 Å². The van der Waals surface area contributed by atoms with Crippen LogP contribution in [0, 0.1) is 0 Å². The minimum atomic E-state index is -0.108. The lowest BCUT2D eigenvalue weighted by atomic mass is 10.0. The number of hydrogen-bond acceptors (Lipinski definition) is 3. The Morgan fingerprint density at radius 3 is 2.82 bits per heavy atom. The van der Waals surface area contributed by atoms with Gasteiger partial charge in [0.05, 0.1) is 13.2 Å². The average Bonchev–Trinajstić information content (AvgIpc) is 2.80. The van der Waals surface area contributed by atoms with Crippen molar-refractivity contribution in [3.63, 3.8) is 0 Å². The molecule has 0 radical (unpaired) electrons. The summed E-state index contributed by atoms with van der Waals surface area (Å²) in [5.41, 5.74) is 1.11. The minimum absolute atomic E-state index is 0.108. The summed E-state index contributed by atoms with van der Waals surface area (Å²) in [6.45, 7) is 3.05. The fraction of sp³-hybridized carbons (Fsp3) is 0.571. The highest BCUT2D eigenvalue weighted by molar-refractivity contribution is 5.13. The van der Waals surface area contributed by atoms with Gasteiger partial charge in [-0.15, -0.1) is 0 Å². The van der Waals surface area contributed by atoms with Crippen LogP contribution in [0.2, 0.25) is 0 Å². The molecule has 17 heavy (non-hydrogen) atoms. The van der Waals surface area contributed by atoms with Crippen molar-refractivity contribution in [3.05, 3.63) is 35.9 Å². The predicted molar refractivity (Wildman–Crippen MR) is 67.9 cm³/mol. The van der Waals surface area contributed by atoms with Gasteiger partial charge < -0.3 is 14.8 Å². The summed E-state index contributed by atoms with van der Waals surface area (Å²) < 4.78 is 11.6.